The van der Waals surface area contributed by atoms with Crippen LogP contribution in [0.4, 0.5) is 13.2 Å². The van der Waals surface area contributed by atoms with Crippen molar-refractivity contribution in [3.8, 4) is 0 Å². The average Bonchev–Trinajstić information content (AvgIpc) is 2.40. The minimum atomic E-state index is -2.42. The van der Waals surface area contributed by atoms with Crippen LogP contribution < -0.4 is 5.32 Å². The zero-order valence-corrected chi connectivity index (χ0v) is 11.1. The zero-order chi connectivity index (χ0) is 13.8. The van der Waals surface area contributed by atoms with Gasteiger partial charge in [0.15, 0.2) is 0 Å². The summed E-state index contributed by atoms with van der Waals surface area (Å²) in [5.41, 5.74) is 0.559. The summed E-state index contributed by atoms with van der Waals surface area (Å²) in [5.74, 6) is -0.562. The third-order valence-corrected chi connectivity index (χ3v) is 3.63. The van der Waals surface area contributed by atoms with E-state index < -0.39 is 18.3 Å². The summed E-state index contributed by atoms with van der Waals surface area (Å²) in [7, 11) is 0. The van der Waals surface area contributed by atoms with Crippen LogP contribution in [0.2, 0.25) is 5.02 Å². The van der Waals surface area contributed by atoms with E-state index in [1.165, 1.54) is 12.1 Å². The number of halogens is 4. The summed E-state index contributed by atoms with van der Waals surface area (Å²) in [4.78, 5) is 1.96. The molecule has 1 aliphatic heterocycles. The molecule has 1 saturated heterocycles. The molecule has 1 fully saturated rings. The number of nitrogens with zero attached hydrogens (tertiary/aromatic N) is 1. The minimum Gasteiger partial charge on any atom is -0.314 e. The van der Waals surface area contributed by atoms with Crippen LogP contribution in [0.15, 0.2) is 18.2 Å². The van der Waals surface area contributed by atoms with Gasteiger partial charge in [-0.2, -0.15) is 0 Å². The lowest BCUT2D eigenvalue weighted by Crippen LogP contribution is -2.45. The standard InChI is InChI=1S/C13H16ClF3N2/c14-10-2-1-9(7-11(10)15)12(8-13(16)17)19-5-3-18-4-6-19/h1-2,7,12-13,18H,3-6,8H2/t12-/m0/s1. The Hall–Kier alpha value is -0.780. The van der Waals surface area contributed by atoms with Gasteiger partial charge in [-0.1, -0.05) is 17.7 Å². The smallest absolute Gasteiger partial charge is 0.240 e. The van der Waals surface area contributed by atoms with Crippen LogP contribution in [0.3, 0.4) is 0 Å². The molecule has 0 saturated carbocycles. The monoisotopic (exact) mass is 292 g/mol. The number of alkyl halides is 2. The van der Waals surface area contributed by atoms with Gasteiger partial charge in [0.25, 0.3) is 0 Å². The Bertz CT molecular complexity index is 422. The number of hydrogen-bond donors (Lipinski definition) is 1. The lowest BCUT2D eigenvalue weighted by atomic mass is 10.0. The van der Waals surface area contributed by atoms with Crippen molar-refractivity contribution < 1.29 is 13.2 Å². The minimum absolute atomic E-state index is 0.0138. The van der Waals surface area contributed by atoms with Crippen molar-refractivity contribution in [2.75, 3.05) is 26.2 Å². The molecule has 0 unspecified atom stereocenters. The Morgan fingerprint density at radius 3 is 2.53 bits per heavy atom. The molecule has 0 aliphatic carbocycles. The molecule has 1 aromatic rings. The fraction of sp³-hybridized carbons (Fsp3) is 0.538. The van der Waals surface area contributed by atoms with Crippen molar-refractivity contribution in [2.45, 2.75) is 18.9 Å². The number of rotatable bonds is 4. The first-order valence-electron chi connectivity index (χ1n) is 6.26. The second kappa shape index (κ2) is 6.59. The topological polar surface area (TPSA) is 15.3 Å². The third kappa shape index (κ3) is 3.84. The van der Waals surface area contributed by atoms with Crippen LogP contribution in [0, 0.1) is 5.82 Å². The normalized spacial score (nSPS) is 18.8. The van der Waals surface area contributed by atoms with Crippen molar-refractivity contribution in [3.63, 3.8) is 0 Å². The lowest BCUT2D eigenvalue weighted by Gasteiger charge is -2.35. The van der Waals surface area contributed by atoms with Gasteiger partial charge in [0.05, 0.1) is 5.02 Å². The Kier molecular flexibility index (Phi) is 5.07. The molecule has 0 radical (unpaired) electrons. The van der Waals surface area contributed by atoms with Gasteiger partial charge in [0, 0.05) is 38.6 Å². The molecule has 2 rings (SSSR count). The van der Waals surface area contributed by atoms with Crippen LogP contribution >= 0.6 is 11.6 Å². The summed E-state index contributed by atoms with van der Waals surface area (Å²) >= 11 is 5.63. The van der Waals surface area contributed by atoms with Gasteiger partial charge in [-0.3, -0.25) is 4.90 Å². The van der Waals surface area contributed by atoms with E-state index >= 15 is 0 Å². The Labute approximate surface area is 115 Å². The summed E-state index contributed by atoms with van der Waals surface area (Å²) in [6, 6.07) is 3.85. The lowest BCUT2D eigenvalue weighted by molar-refractivity contribution is 0.0738. The Morgan fingerprint density at radius 2 is 1.95 bits per heavy atom. The van der Waals surface area contributed by atoms with E-state index in [1.807, 2.05) is 4.90 Å². The van der Waals surface area contributed by atoms with E-state index in [0.29, 0.717) is 18.7 Å². The van der Waals surface area contributed by atoms with Gasteiger partial charge in [0.2, 0.25) is 6.43 Å². The Balaban J connectivity index is 2.22. The first kappa shape index (κ1) is 14.6. The van der Waals surface area contributed by atoms with Gasteiger partial charge in [0.1, 0.15) is 5.82 Å². The van der Waals surface area contributed by atoms with E-state index in [4.69, 9.17) is 11.6 Å². The van der Waals surface area contributed by atoms with Crippen LogP contribution in [0.25, 0.3) is 0 Å². The molecule has 0 spiro atoms. The van der Waals surface area contributed by atoms with Crippen LogP contribution in [-0.2, 0) is 0 Å². The second-order valence-electron chi connectivity index (χ2n) is 4.60. The molecule has 0 amide bonds. The fourth-order valence-electron chi connectivity index (χ4n) is 2.38. The SMILES string of the molecule is Fc1cc([C@H](CC(F)F)N2CCNCC2)ccc1Cl. The molecule has 1 N–H and O–H groups in total. The largest absolute Gasteiger partial charge is 0.314 e. The van der Waals surface area contributed by atoms with Gasteiger partial charge in [-0.25, -0.2) is 13.2 Å². The maximum atomic E-state index is 13.5. The number of hydrogen-bond acceptors (Lipinski definition) is 2. The van der Waals surface area contributed by atoms with Crippen molar-refractivity contribution in [1.82, 2.24) is 10.2 Å². The van der Waals surface area contributed by atoms with Crippen molar-refractivity contribution >= 4 is 11.6 Å². The van der Waals surface area contributed by atoms with E-state index in [1.54, 1.807) is 6.07 Å². The quantitative estimate of drug-likeness (QED) is 0.917. The van der Waals surface area contributed by atoms with E-state index in [9.17, 15) is 13.2 Å². The maximum Gasteiger partial charge on any atom is 0.240 e. The summed E-state index contributed by atoms with van der Waals surface area (Å²) in [6.07, 6.45) is -2.71. The fourth-order valence-corrected chi connectivity index (χ4v) is 2.50. The number of piperazine rings is 1. The first-order valence-corrected chi connectivity index (χ1v) is 6.63. The van der Waals surface area contributed by atoms with Crippen molar-refractivity contribution in [1.29, 1.82) is 0 Å². The molecule has 19 heavy (non-hydrogen) atoms. The van der Waals surface area contributed by atoms with Gasteiger partial charge < -0.3 is 5.32 Å². The van der Waals surface area contributed by atoms with Gasteiger partial charge in [-0.15, -0.1) is 0 Å². The van der Waals surface area contributed by atoms with Crippen LogP contribution in [0.5, 0.6) is 0 Å². The molecular formula is C13H16ClF3N2. The maximum absolute atomic E-state index is 13.5. The molecule has 1 atom stereocenters. The molecule has 1 aliphatic rings. The second-order valence-corrected chi connectivity index (χ2v) is 5.01. The predicted octanol–water partition coefficient (Wildman–Crippen LogP) is 3.08. The van der Waals surface area contributed by atoms with Gasteiger partial charge in [-0.05, 0) is 17.7 Å². The zero-order valence-electron chi connectivity index (χ0n) is 10.4. The summed E-state index contributed by atoms with van der Waals surface area (Å²) in [5, 5.41) is 3.18. The average molecular weight is 293 g/mol. The highest BCUT2D eigenvalue weighted by atomic mass is 35.5. The van der Waals surface area contributed by atoms with E-state index in [0.717, 1.165) is 13.1 Å². The number of nitrogens with one attached hydrogen (secondary N) is 1. The van der Waals surface area contributed by atoms with Crippen LogP contribution in [-0.4, -0.2) is 37.5 Å². The van der Waals surface area contributed by atoms with Crippen molar-refractivity contribution in [3.05, 3.63) is 34.6 Å². The molecule has 6 heteroatoms. The molecule has 2 nitrogen and oxygen atoms in total. The molecule has 106 valence electrons. The highest BCUT2D eigenvalue weighted by Crippen LogP contribution is 2.29. The highest BCUT2D eigenvalue weighted by molar-refractivity contribution is 6.30. The van der Waals surface area contributed by atoms with Gasteiger partial charge >= 0.3 is 0 Å². The Morgan fingerprint density at radius 1 is 1.26 bits per heavy atom. The van der Waals surface area contributed by atoms with E-state index in [2.05, 4.69) is 5.32 Å². The third-order valence-electron chi connectivity index (χ3n) is 3.32. The molecule has 0 aromatic heterocycles. The van der Waals surface area contributed by atoms with Crippen molar-refractivity contribution in [2.24, 2.45) is 0 Å². The van der Waals surface area contributed by atoms with E-state index in [-0.39, 0.29) is 11.4 Å². The first-order chi connectivity index (χ1) is 9.08. The summed E-state index contributed by atoms with van der Waals surface area (Å²) in [6.45, 7) is 2.88. The number of benzene rings is 1. The van der Waals surface area contributed by atoms with Crippen LogP contribution in [0.1, 0.15) is 18.0 Å². The predicted molar refractivity (Wildman–Crippen MR) is 69.2 cm³/mol. The summed E-state index contributed by atoms with van der Waals surface area (Å²) < 4.78 is 39.0. The molecular weight excluding hydrogens is 277 g/mol. The molecule has 0 bridgehead atoms. The molecule has 1 heterocycles. The molecule has 1 aromatic carbocycles. The highest BCUT2D eigenvalue weighted by Gasteiger charge is 2.25.